The third-order valence-corrected chi connectivity index (χ3v) is 4.76. The maximum absolute atomic E-state index is 11.0. The first kappa shape index (κ1) is 19.3. The zero-order valence-corrected chi connectivity index (χ0v) is 15.4. The Morgan fingerprint density at radius 2 is 1.61 bits per heavy atom. The van der Waals surface area contributed by atoms with Crippen LogP contribution in [-0.2, 0) is 6.54 Å². The summed E-state index contributed by atoms with van der Waals surface area (Å²) in [5, 5.41) is 24.5. The Hall–Kier alpha value is -3.44. The van der Waals surface area contributed by atoms with Crippen LogP contribution in [0.5, 0.6) is 5.75 Å². The number of nitro benzene ring substituents is 1. The van der Waals surface area contributed by atoms with Gasteiger partial charge in [0.1, 0.15) is 5.75 Å². The number of nitrogens with one attached hydrogen (secondary N) is 1. The summed E-state index contributed by atoms with van der Waals surface area (Å²) >= 11 is 0. The predicted octanol–water partition coefficient (Wildman–Crippen LogP) is 5.10. The quantitative estimate of drug-likeness (QED) is 0.327. The van der Waals surface area contributed by atoms with E-state index in [4.69, 9.17) is 0 Å². The van der Waals surface area contributed by atoms with Gasteiger partial charge in [0.15, 0.2) is 0 Å². The fourth-order valence-electron chi connectivity index (χ4n) is 3.28. The van der Waals surface area contributed by atoms with Crippen LogP contribution in [0.2, 0.25) is 0 Å². The van der Waals surface area contributed by atoms with E-state index in [9.17, 15) is 15.2 Å². The smallest absolute Gasteiger partial charge is 0.269 e. The van der Waals surface area contributed by atoms with E-state index < -0.39 is 4.92 Å². The van der Waals surface area contributed by atoms with Crippen molar-refractivity contribution in [3.8, 4) is 5.75 Å². The van der Waals surface area contributed by atoms with Crippen molar-refractivity contribution in [1.82, 2.24) is 5.32 Å². The monoisotopic (exact) mass is 374 g/mol. The normalized spacial score (nSPS) is 12.9. The third-order valence-electron chi connectivity index (χ3n) is 4.76. The lowest BCUT2D eigenvalue weighted by molar-refractivity contribution is -0.384. The van der Waals surface area contributed by atoms with E-state index in [1.807, 2.05) is 48.5 Å². The van der Waals surface area contributed by atoms with Crippen molar-refractivity contribution >= 4 is 5.69 Å². The van der Waals surface area contributed by atoms with Gasteiger partial charge in [-0.2, -0.15) is 0 Å². The second kappa shape index (κ2) is 8.97. The van der Waals surface area contributed by atoms with Crippen LogP contribution in [0.15, 0.2) is 91.5 Å². The van der Waals surface area contributed by atoms with Gasteiger partial charge in [0, 0.05) is 36.2 Å². The Balaban J connectivity index is 1.94. The number of non-ortho nitro benzene ring substituents is 1. The SMILES string of the molecule is C=C[C@H](c1ccccc1)[C@H](NCc1ccccc1O)c1ccc([N+](=O)[O-])cc1. The average Bonchev–Trinajstić information content (AvgIpc) is 2.73. The van der Waals surface area contributed by atoms with Gasteiger partial charge in [-0.15, -0.1) is 6.58 Å². The van der Waals surface area contributed by atoms with E-state index in [2.05, 4.69) is 11.9 Å². The Kier molecular flexibility index (Phi) is 6.19. The Morgan fingerprint density at radius 3 is 2.21 bits per heavy atom. The average molecular weight is 374 g/mol. The van der Waals surface area contributed by atoms with Gasteiger partial charge in [-0.25, -0.2) is 0 Å². The summed E-state index contributed by atoms with van der Waals surface area (Å²) in [5.41, 5.74) is 2.84. The molecule has 0 unspecified atom stereocenters. The summed E-state index contributed by atoms with van der Waals surface area (Å²) in [6.07, 6.45) is 1.87. The largest absolute Gasteiger partial charge is 0.508 e. The highest BCUT2D eigenvalue weighted by Gasteiger charge is 2.23. The second-order valence-corrected chi connectivity index (χ2v) is 6.51. The number of phenolic OH excluding ortho intramolecular Hbond substituents is 1. The molecule has 0 saturated carbocycles. The molecule has 3 rings (SSSR count). The molecule has 2 atom stereocenters. The summed E-state index contributed by atoms with van der Waals surface area (Å²) in [7, 11) is 0. The number of aromatic hydroxyl groups is 1. The first-order chi connectivity index (χ1) is 13.6. The van der Waals surface area contributed by atoms with Gasteiger partial charge in [-0.1, -0.05) is 66.7 Å². The molecule has 0 aromatic heterocycles. The first-order valence-electron chi connectivity index (χ1n) is 9.02. The lowest BCUT2D eigenvalue weighted by Crippen LogP contribution is -2.26. The van der Waals surface area contributed by atoms with Crippen molar-refractivity contribution in [2.24, 2.45) is 0 Å². The summed E-state index contributed by atoms with van der Waals surface area (Å²) in [5.74, 6) is 0.181. The van der Waals surface area contributed by atoms with E-state index in [1.165, 1.54) is 12.1 Å². The Bertz CT molecular complexity index is 940. The molecule has 0 aliphatic rings. The molecule has 0 radical (unpaired) electrons. The molecule has 0 heterocycles. The molecule has 0 aliphatic carbocycles. The van der Waals surface area contributed by atoms with Crippen LogP contribution < -0.4 is 5.32 Å². The number of nitro groups is 1. The van der Waals surface area contributed by atoms with E-state index in [0.717, 1.165) is 16.7 Å². The lowest BCUT2D eigenvalue weighted by Gasteiger charge is -2.27. The highest BCUT2D eigenvalue weighted by molar-refractivity contribution is 5.38. The van der Waals surface area contributed by atoms with Crippen molar-refractivity contribution in [1.29, 1.82) is 0 Å². The molecule has 0 aliphatic heterocycles. The number of rotatable bonds is 8. The summed E-state index contributed by atoms with van der Waals surface area (Å²) < 4.78 is 0. The van der Waals surface area contributed by atoms with E-state index in [-0.39, 0.29) is 23.4 Å². The van der Waals surface area contributed by atoms with Gasteiger partial charge in [0.05, 0.1) is 4.92 Å². The molecule has 0 amide bonds. The topological polar surface area (TPSA) is 75.4 Å². The van der Waals surface area contributed by atoms with Crippen molar-refractivity contribution in [3.63, 3.8) is 0 Å². The van der Waals surface area contributed by atoms with Crippen LogP contribution in [0, 0.1) is 10.1 Å². The number of para-hydroxylation sites is 1. The van der Waals surface area contributed by atoms with Crippen molar-refractivity contribution in [3.05, 3.63) is 118 Å². The van der Waals surface area contributed by atoms with Crippen LogP contribution in [0.1, 0.15) is 28.7 Å². The standard InChI is InChI=1S/C23H22N2O3/c1-2-21(17-8-4-3-5-9-17)23(18-12-14-20(15-13-18)25(27)28)24-16-19-10-6-7-11-22(19)26/h2-15,21,23-24,26H,1,16H2/t21-,23-/m1/s1. The first-order valence-corrected chi connectivity index (χ1v) is 9.02. The maximum atomic E-state index is 11.0. The minimum Gasteiger partial charge on any atom is -0.508 e. The molecule has 0 saturated heterocycles. The Labute approximate surface area is 164 Å². The van der Waals surface area contributed by atoms with Gasteiger partial charge in [0.25, 0.3) is 5.69 Å². The molecule has 5 nitrogen and oxygen atoms in total. The van der Waals surface area contributed by atoms with Crippen LogP contribution in [0.3, 0.4) is 0 Å². The van der Waals surface area contributed by atoms with E-state index in [0.29, 0.717) is 6.54 Å². The highest BCUT2D eigenvalue weighted by atomic mass is 16.6. The summed E-state index contributed by atoms with van der Waals surface area (Å²) in [6, 6.07) is 23.5. The van der Waals surface area contributed by atoms with Crippen LogP contribution >= 0.6 is 0 Å². The fourth-order valence-corrected chi connectivity index (χ4v) is 3.28. The molecular weight excluding hydrogens is 352 g/mol. The van der Waals surface area contributed by atoms with Crippen molar-refractivity contribution in [2.75, 3.05) is 0 Å². The molecule has 142 valence electrons. The number of nitrogens with zero attached hydrogens (tertiary/aromatic N) is 1. The third kappa shape index (κ3) is 4.45. The van der Waals surface area contributed by atoms with Gasteiger partial charge >= 0.3 is 0 Å². The lowest BCUT2D eigenvalue weighted by atomic mass is 9.86. The molecule has 5 heteroatoms. The van der Waals surface area contributed by atoms with Crippen LogP contribution in [0.4, 0.5) is 5.69 Å². The molecule has 0 fully saturated rings. The summed E-state index contributed by atoms with van der Waals surface area (Å²) in [4.78, 5) is 10.6. The summed E-state index contributed by atoms with van der Waals surface area (Å²) in [6.45, 7) is 4.45. The maximum Gasteiger partial charge on any atom is 0.269 e. The number of phenols is 1. The van der Waals surface area contributed by atoms with Gasteiger partial charge in [-0.05, 0) is 17.2 Å². The van der Waals surface area contributed by atoms with E-state index in [1.54, 1.807) is 24.3 Å². The highest BCUT2D eigenvalue weighted by Crippen LogP contribution is 2.33. The van der Waals surface area contributed by atoms with Crippen LogP contribution in [-0.4, -0.2) is 10.0 Å². The minimum absolute atomic E-state index is 0.0477. The fraction of sp³-hybridized carbons (Fsp3) is 0.130. The zero-order valence-electron chi connectivity index (χ0n) is 15.4. The van der Waals surface area contributed by atoms with Crippen molar-refractivity contribution in [2.45, 2.75) is 18.5 Å². The molecule has 3 aromatic rings. The Morgan fingerprint density at radius 1 is 0.964 bits per heavy atom. The molecule has 3 aromatic carbocycles. The molecule has 28 heavy (non-hydrogen) atoms. The van der Waals surface area contributed by atoms with Gasteiger partial charge in [-0.3, -0.25) is 10.1 Å². The minimum atomic E-state index is -0.406. The predicted molar refractivity (Wildman–Crippen MR) is 110 cm³/mol. The molecular formula is C23H22N2O3. The molecule has 0 bridgehead atoms. The van der Waals surface area contributed by atoms with E-state index >= 15 is 0 Å². The zero-order chi connectivity index (χ0) is 19.9. The van der Waals surface area contributed by atoms with Crippen LogP contribution in [0.25, 0.3) is 0 Å². The molecule has 2 N–H and O–H groups in total. The van der Waals surface area contributed by atoms with Gasteiger partial charge in [0.2, 0.25) is 0 Å². The number of hydrogen-bond acceptors (Lipinski definition) is 4. The number of hydrogen-bond donors (Lipinski definition) is 2. The number of benzene rings is 3. The van der Waals surface area contributed by atoms with Crippen molar-refractivity contribution < 1.29 is 10.0 Å². The molecule has 0 spiro atoms. The van der Waals surface area contributed by atoms with Gasteiger partial charge < -0.3 is 10.4 Å². The second-order valence-electron chi connectivity index (χ2n) is 6.51.